The number of carbonyl (C=O) groups excluding carboxylic acids is 1. The first-order valence-electron chi connectivity index (χ1n) is 6.96. The van der Waals surface area contributed by atoms with Gasteiger partial charge in [-0.3, -0.25) is 9.78 Å². The van der Waals surface area contributed by atoms with Gasteiger partial charge in [-0.1, -0.05) is 12.7 Å². The number of allylic oxidation sites excluding steroid dienone is 6. The quantitative estimate of drug-likeness (QED) is 0.289. The summed E-state index contributed by atoms with van der Waals surface area (Å²) in [5.41, 5.74) is 1.17. The summed E-state index contributed by atoms with van der Waals surface area (Å²) in [5.74, 6) is -1.09. The van der Waals surface area contributed by atoms with E-state index in [1.165, 1.54) is 42.5 Å². The molecule has 0 fully saturated rings. The summed E-state index contributed by atoms with van der Waals surface area (Å²) in [6.45, 7) is 5.37. The summed E-state index contributed by atoms with van der Waals surface area (Å²) in [7, 11) is 0. The maximum Gasteiger partial charge on any atom is 0.417 e. The molecule has 24 heavy (non-hydrogen) atoms. The Morgan fingerprint density at radius 2 is 2.17 bits per heavy atom. The Kier molecular flexibility index (Phi) is 4.97. The first-order chi connectivity index (χ1) is 11.4. The van der Waals surface area contributed by atoms with Gasteiger partial charge in [-0.15, -0.1) is 0 Å². The van der Waals surface area contributed by atoms with Crippen LogP contribution in [0.3, 0.4) is 0 Å². The Morgan fingerprint density at radius 1 is 1.42 bits per heavy atom. The van der Waals surface area contributed by atoms with Crippen LogP contribution in [0.15, 0.2) is 75.2 Å². The van der Waals surface area contributed by atoms with Crippen molar-refractivity contribution >= 4 is 16.9 Å². The zero-order valence-corrected chi connectivity index (χ0v) is 12.9. The van der Waals surface area contributed by atoms with Gasteiger partial charge in [0, 0.05) is 5.56 Å². The van der Waals surface area contributed by atoms with Crippen LogP contribution in [0.25, 0.3) is 11.1 Å². The largest absolute Gasteiger partial charge is 0.508 e. The van der Waals surface area contributed by atoms with E-state index in [2.05, 4.69) is 11.6 Å². The van der Waals surface area contributed by atoms with Gasteiger partial charge in [0.05, 0.1) is 5.52 Å². The first kappa shape index (κ1) is 16.8. The summed E-state index contributed by atoms with van der Waals surface area (Å²) in [6.07, 6.45) is 5.69. The van der Waals surface area contributed by atoms with Crippen molar-refractivity contribution in [2.24, 2.45) is 0 Å². The molecular formula is C18H14N2O4. The number of oxazole rings is 1. The predicted octanol–water partition coefficient (Wildman–Crippen LogP) is 3.33. The zero-order valence-electron chi connectivity index (χ0n) is 12.9. The molecule has 1 heterocycles. The monoisotopic (exact) mass is 322 g/mol. The number of benzene rings is 1. The molecule has 0 saturated carbocycles. The molecule has 2 N–H and O–H groups in total. The minimum atomic E-state index is -0.618. The number of hydrogen-bond acceptors (Lipinski definition) is 5. The molecule has 0 radical (unpaired) electrons. The molecule has 0 spiro atoms. The van der Waals surface area contributed by atoms with E-state index >= 15 is 0 Å². The summed E-state index contributed by atoms with van der Waals surface area (Å²) in [5, 5.41) is 18.5. The number of aliphatic hydroxyl groups excluding tert-OH is 1. The van der Waals surface area contributed by atoms with Gasteiger partial charge in [-0.05, 0) is 48.9 Å². The number of nitrogens with one attached hydrogen (secondary N) is 1. The molecule has 0 amide bonds. The van der Waals surface area contributed by atoms with Crippen LogP contribution in [0, 0.1) is 11.3 Å². The van der Waals surface area contributed by atoms with Crippen molar-refractivity contribution in [2.45, 2.75) is 6.92 Å². The molecule has 0 unspecified atom stereocenters. The third-order valence-corrected chi connectivity index (χ3v) is 3.14. The van der Waals surface area contributed by atoms with Crippen LogP contribution in [0.2, 0.25) is 0 Å². The van der Waals surface area contributed by atoms with Gasteiger partial charge in [-0.2, -0.15) is 5.26 Å². The molecule has 2 rings (SSSR count). The molecule has 1 aromatic heterocycles. The number of carbonyl (C=O) groups is 1. The van der Waals surface area contributed by atoms with Gasteiger partial charge in [0.1, 0.15) is 17.4 Å². The highest BCUT2D eigenvalue weighted by Gasteiger charge is 2.14. The average molecular weight is 322 g/mol. The normalized spacial score (nSPS) is 12.5. The van der Waals surface area contributed by atoms with Crippen LogP contribution in [-0.4, -0.2) is 15.9 Å². The second kappa shape index (κ2) is 7.11. The van der Waals surface area contributed by atoms with Crippen molar-refractivity contribution in [3.63, 3.8) is 0 Å². The SMILES string of the molecule is C=C(/C=C\C(O)=C/C)/C=C(\C#N)C(=O)c1ccc2[nH]c(=O)oc2c1. The van der Waals surface area contributed by atoms with E-state index in [1.54, 1.807) is 6.92 Å². The van der Waals surface area contributed by atoms with Crippen molar-refractivity contribution in [2.75, 3.05) is 0 Å². The number of ketones is 1. The third-order valence-electron chi connectivity index (χ3n) is 3.14. The summed E-state index contributed by atoms with van der Waals surface area (Å²) in [4.78, 5) is 26.0. The van der Waals surface area contributed by atoms with Crippen molar-refractivity contribution < 1.29 is 14.3 Å². The van der Waals surface area contributed by atoms with Crippen molar-refractivity contribution in [1.29, 1.82) is 5.26 Å². The molecule has 6 nitrogen and oxygen atoms in total. The molecule has 0 aliphatic heterocycles. The van der Waals surface area contributed by atoms with Crippen molar-refractivity contribution in [1.82, 2.24) is 4.98 Å². The lowest BCUT2D eigenvalue weighted by atomic mass is 10.0. The van der Waals surface area contributed by atoms with E-state index in [9.17, 15) is 20.0 Å². The van der Waals surface area contributed by atoms with E-state index in [1.807, 2.05) is 6.07 Å². The fraction of sp³-hybridized carbons (Fsp3) is 0.0556. The van der Waals surface area contributed by atoms with E-state index in [4.69, 9.17) is 4.42 Å². The average Bonchev–Trinajstić information content (AvgIpc) is 2.95. The minimum Gasteiger partial charge on any atom is -0.508 e. The number of rotatable bonds is 5. The van der Waals surface area contributed by atoms with Crippen LogP contribution >= 0.6 is 0 Å². The second-order valence-electron chi connectivity index (χ2n) is 4.85. The van der Waals surface area contributed by atoms with E-state index in [0.29, 0.717) is 11.1 Å². The van der Waals surface area contributed by atoms with Crippen LogP contribution in [0.5, 0.6) is 0 Å². The van der Waals surface area contributed by atoms with Crippen LogP contribution in [0.4, 0.5) is 0 Å². The lowest BCUT2D eigenvalue weighted by Gasteiger charge is -2.00. The van der Waals surface area contributed by atoms with Crippen LogP contribution < -0.4 is 5.76 Å². The lowest BCUT2D eigenvalue weighted by molar-refractivity contribution is 0.103. The van der Waals surface area contributed by atoms with Gasteiger partial charge in [0.2, 0.25) is 5.78 Å². The van der Waals surface area contributed by atoms with Gasteiger partial charge >= 0.3 is 5.76 Å². The number of aliphatic hydroxyl groups is 1. The van der Waals surface area contributed by atoms with E-state index in [0.717, 1.165) is 0 Å². The smallest absolute Gasteiger partial charge is 0.417 e. The molecule has 0 saturated heterocycles. The molecule has 2 aromatic rings. The highest BCUT2D eigenvalue weighted by Crippen LogP contribution is 2.16. The van der Waals surface area contributed by atoms with E-state index in [-0.39, 0.29) is 22.5 Å². The van der Waals surface area contributed by atoms with Gasteiger partial charge in [-0.25, -0.2) is 4.79 Å². The van der Waals surface area contributed by atoms with Crippen molar-refractivity contribution in [3.05, 3.63) is 82.1 Å². The maximum absolute atomic E-state index is 12.4. The van der Waals surface area contributed by atoms with E-state index < -0.39 is 11.5 Å². The molecule has 0 aliphatic rings. The lowest BCUT2D eigenvalue weighted by Crippen LogP contribution is -2.02. The summed E-state index contributed by atoms with van der Waals surface area (Å²) in [6, 6.07) is 6.24. The summed E-state index contributed by atoms with van der Waals surface area (Å²) >= 11 is 0. The molecule has 1 aromatic carbocycles. The number of aromatic nitrogens is 1. The number of hydrogen-bond donors (Lipinski definition) is 2. The Balaban J connectivity index is 2.31. The van der Waals surface area contributed by atoms with Crippen molar-refractivity contribution in [3.8, 4) is 6.07 Å². The maximum atomic E-state index is 12.4. The Morgan fingerprint density at radius 3 is 2.83 bits per heavy atom. The Labute approximate surface area is 137 Å². The Hall–Kier alpha value is -3.59. The molecule has 0 bridgehead atoms. The number of fused-ring (bicyclic) bond motifs is 1. The molecule has 120 valence electrons. The number of Topliss-reactive ketones (excluding diaryl/α,β-unsaturated/α-hetero) is 1. The van der Waals surface area contributed by atoms with Gasteiger partial charge in [0.15, 0.2) is 5.58 Å². The standard InChI is InChI=1S/C18H14N2O4/c1-3-14(21)6-4-11(2)8-13(10-19)17(22)12-5-7-15-16(9-12)24-18(23)20-15/h3-9,21H,2H2,1H3,(H,20,23)/b6-4-,13-8+,14-3+. The van der Waals surface area contributed by atoms with Crippen LogP contribution in [0.1, 0.15) is 17.3 Å². The highest BCUT2D eigenvalue weighted by atomic mass is 16.4. The number of nitriles is 1. The summed E-state index contributed by atoms with van der Waals surface area (Å²) < 4.78 is 4.90. The fourth-order valence-electron chi connectivity index (χ4n) is 1.91. The van der Waals surface area contributed by atoms with Gasteiger partial charge < -0.3 is 9.52 Å². The zero-order chi connectivity index (χ0) is 17.7. The molecule has 6 heteroatoms. The number of aromatic amines is 1. The number of H-pyrrole nitrogens is 1. The fourth-order valence-corrected chi connectivity index (χ4v) is 1.91. The molecular weight excluding hydrogens is 308 g/mol. The first-order valence-corrected chi connectivity index (χ1v) is 6.96. The molecule has 0 aliphatic carbocycles. The number of nitrogens with zero attached hydrogens (tertiary/aromatic N) is 1. The van der Waals surface area contributed by atoms with Crippen LogP contribution in [-0.2, 0) is 0 Å². The Bertz CT molecular complexity index is 994. The molecule has 0 atom stereocenters. The van der Waals surface area contributed by atoms with Gasteiger partial charge in [0.25, 0.3) is 0 Å². The minimum absolute atomic E-state index is 0.0438. The highest BCUT2D eigenvalue weighted by molar-refractivity contribution is 6.12. The predicted molar refractivity (Wildman–Crippen MR) is 89.5 cm³/mol. The second-order valence-corrected chi connectivity index (χ2v) is 4.85. The topological polar surface area (TPSA) is 107 Å². The third kappa shape index (κ3) is 3.78.